The number of aromatic amines is 1. The van der Waals surface area contributed by atoms with E-state index in [1.54, 1.807) is 0 Å². The second-order valence-electron chi connectivity index (χ2n) is 4.94. The summed E-state index contributed by atoms with van der Waals surface area (Å²) in [5, 5.41) is 9.46. The van der Waals surface area contributed by atoms with Gasteiger partial charge in [0.1, 0.15) is 5.82 Å². The monoisotopic (exact) mass is 237 g/mol. The van der Waals surface area contributed by atoms with Crippen molar-refractivity contribution < 1.29 is 4.79 Å². The van der Waals surface area contributed by atoms with E-state index in [2.05, 4.69) is 20.5 Å². The number of rotatable bonds is 5. The lowest BCUT2D eigenvalue weighted by molar-refractivity contribution is 0.0939. The molecule has 1 atom stereocenters. The molecule has 94 valence electrons. The average Bonchev–Trinajstić information content (AvgIpc) is 3.03. The molecule has 4 N–H and O–H groups in total. The van der Waals surface area contributed by atoms with Gasteiger partial charge in [-0.2, -0.15) is 0 Å². The third-order valence-corrected chi connectivity index (χ3v) is 3.02. The summed E-state index contributed by atoms with van der Waals surface area (Å²) < 4.78 is 0. The maximum Gasteiger partial charge on any atom is 0.291 e. The van der Waals surface area contributed by atoms with Gasteiger partial charge in [-0.05, 0) is 18.8 Å². The third kappa shape index (κ3) is 3.03. The van der Waals surface area contributed by atoms with E-state index in [0.29, 0.717) is 18.4 Å². The molecule has 1 aliphatic carbocycles. The Labute approximate surface area is 100 Å². The predicted octanol–water partition coefficient (Wildman–Crippen LogP) is 0.395. The first kappa shape index (κ1) is 12.0. The molecule has 0 radical (unpaired) electrons. The lowest BCUT2D eigenvalue weighted by Crippen LogP contribution is -2.40. The lowest BCUT2D eigenvalue weighted by atomic mass is 10.1. The van der Waals surface area contributed by atoms with Crippen molar-refractivity contribution in [3.63, 3.8) is 0 Å². The highest BCUT2D eigenvalue weighted by atomic mass is 16.2. The molecule has 1 unspecified atom stereocenters. The fraction of sp³-hybridized carbons (Fsp3) is 0.727. The predicted molar refractivity (Wildman–Crippen MR) is 63.5 cm³/mol. The van der Waals surface area contributed by atoms with Crippen LogP contribution in [-0.4, -0.2) is 33.7 Å². The molecule has 0 spiro atoms. The van der Waals surface area contributed by atoms with Crippen LogP contribution in [0.5, 0.6) is 0 Å². The highest BCUT2D eigenvalue weighted by Gasteiger charge is 2.28. The minimum Gasteiger partial charge on any atom is -0.348 e. The normalized spacial score (nSPS) is 17.2. The summed E-state index contributed by atoms with van der Waals surface area (Å²) in [6.07, 6.45) is 2.27. The number of nitrogens with zero attached hydrogens (tertiary/aromatic N) is 2. The topological polar surface area (TPSA) is 96.7 Å². The van der Waals surface area contributed by atoms with Crippen LogP contribution in [0.3, 0.4) is 0 Å². The van der Waals surface area contributed by atoms with Crippen molar-refractivity contribution in [2.75, 3.05) is 6.54 Å². The fourth-order valence-electron chi connectivity index (χ4n) is 1.44. The molecule has 0 bridgehead atoms. The first-order valence-corrected chi connectivity index (χ1v) is 6.04. The SMILES string of the molecule is CC(C)C(N)CNC(=O)c1n[nH]c(C2CC2)n1. The summed E-state index contributed by atoms with van der Waals surface area (Å²) in [6, 6.07) is -0.0409. The third-order valence-electron chi connectivity index (χ3n) is 3.02. The molecule has 6 heteroatoms. The zero-order valence-corrected chi connectivity index (χ0v) is 10.2. The van der Waals surface area contributed by atoms with E-state index in [1.165, 1.54) is 0 Å². The number of hydrogen-bond acceptors (Lipinski definition) is 4. The average molecular weight is 237 g/mol. The van der Waals surface area contributed by atoms with Gasteiger partial charge in [-0.1, -0.05) is 13.8 Å². The standard InChI is InChI=1S/C11H19N5O/c1-6(2)8(12)5-13-11(17)10-14-9(15-16-10)7-3-4-7/h6-8H,3-5,12H2,1-2H3,(H,13,17)(H,14,15,16). The Balaban J connectivity index is 1.86. The van der Waals surface area contributed by atoms with Crippen LogP contribution < -0.4 is 11.1 Å². The molecule has 0 saturated heterocycles. The number of H-pyrrole nitrogens is 1. The number of carbonyl (C=O) groups is 1. The molecule has 0 aliphatic heterocycles. The summed E-state index contributed by atoms with van der Waals surface area (Å²) in [7, 11) is 0. The number of nitrogens with one attached hydrogen (secondary N) is 2. The fourth-order valence-corrected chi connectivity index (χ4v) is 1.44. The van der Waals surface area contributed by atoms with E-state index < -0.39 is 0 Å². The highest BCUT2D eigenvalue weighted by Crippen LogP contribution is 2.37. The Kier molecular flexibility index (Phi) is 3.42. The van der Waals surface area contributed by atoms with Gasteiger partial charge in [-0.15, -0.1) is 5.10 Å². The summed E-state index contributed by atoms with van der Waals surface area (Å²) in [5.41, 5.74) is 5.84. The summed E-state index contributed by atoms with van der Waals surface area (Å²) >= 11 is 0. The number of nitrogens with two attached hydrogens (primary N) is 1. The summed E-state index contributed by atoms with van der Waals surface area (Å²) in [5.74, 6) is 1.59. The van der Waals surface area contributed by atoms with Crippen LogP contribution in [0.25, 0.3) is 0 Å². The smallest absolute Gasteiger partial charge is 0.291 e. The van der Waals surface area contributed by atoms with Gasteiger partial charge in [0.15, 0.2) is 0 Å². The Hall–Kier alpha value is -1.43. The minimum absolute atomic E-state index is 0.0409. The van der Waals surface area contributed by atoms with Gasteiger partial charge < -0.3 is 11.1 Å². The molecule has 6 nitrogen and oxygen atoms in total. The van der Waals surface area contributed by atoms with Crippen LogP contribution in [0.15, 0.2) is 0 Å². The van der Waals surface area contributed by atoms with E-state index in [-0.39, 0.29) is 17.8 Å². The van der Waals surface area contributed by atoms with Crippen molar-refractivity contribution in [1.29, 1.82) is 0 Å². The molecule has 2 rings (SSSR count). The van der Waals surface area contributed by atoms with E-state index in [4.69, 9.17) is 5.73 Å². The maximum atomic E-state index is 11.7. The molecule has 1 amide bonds. The van der Waals surface area contributed by atoms with E-state index in [0.717, 1.165) is 18.7 Å². The number of hydrogen-bond donors (Lipinski definition) is 3. The highest BCUT2D eigenvalue weighted by molar-refractivity contribution is 5.90. The van der Waals surface area contributed by atoms with E-state index in [9.17, 15) is 4.79 Å². The second-order valence-corrected chi connectivity index (χ2v) is 4.94. The Bertz CT molecular complexity index is 396. The Morgan fingerprint density at radius 1 is 1.59 bits per heavy atom. The molecule has 1 aliphatic rings. The first-order chi connectivity index (χ1) is 8.08. The molecule has 1 aromatic rings. The van der Waals surface area contributed by atoms with Gasteiger partial charge >= 0.3 is 0 Å². The zero-order chi connectivity index (χ0) is 12.4. The molecule has 1 aromatic heterocycles. The number of aromatic nitrogens is 3. The van der Waals surface area contributed by atoms with Crippen LogP contribution in [-0.2, 0) is 0 Å². The maximum absolute atomic E-state index is 11.7. The van der Waals surface area contributed by atoms with Crippen molar-refractivity contribution in [2.45, 2.75) is 38.6 Å². The van der Waals surface area contributed by atoms with Crippen molar-refractivity contribution in [1.82, 2.24) is 20.5 Å². The second kappa shape index (κ2) is 4.83. The molecule has 1 saturated carbocycles. The zero-order valence-electron chi connectivity index (χ0n) is 10.2. The van der Waals surface area contributed by atoms with Crippen LogP contribution in [0.4, 0.5) is 0 Å². The van der Waals surface area contributed by atoms with Gasteiger partial charge in [-0.3, -0.25) is 9.89 Å². The van der Waals surface area contributed by atoms with Crippen LogP contribution in [0.2, 0.25) is 0 Å². The van der Waals surface area contributed by atoms with Crippen molar-refractivity contribution in [3.05, 3.63) is 11.6 Å². The first-order valence-electron chi connectivity index (χ1n) is 6.04. The molecule has 17 heavy (non-hydrogen) atoms. The summed E-state index contributed by atoms with van der Waals surface area (Å²) in [6.45, 7) is 4.49. The van der Waals surface area contributed by atoms with E-state index >= 15 is 0 Å². The van der Waals surface area contributed by atoms with Gasteiger partial charge in [0.2, 0.25) is 5.82 Å². The van der Waals surface area contributed by atoms with E-state index in [1.807, 2.05) is 13.8 Å². The largest absolute Gasteiger partial charge is 0.348 e. The number of carbonyl (C=O) groups excluding carboxylic acids is 1. The van der Waals surface area contributed by atoms with Gasteiger partial charge in [-0.25, -0.2) is 4.98 Å². The molecular weight excluding hydrogens is 218 g/mol. The molecule has 0 aromatic carbocycles. The van der Waals surface area contributed by atoms with Gasteiger partial charge in [0.25, 0.3) is 5.91 Å². The van der Waals surface area contributed by atoms with Gasteiger partial charge in [0, 0.05) is 18.5 Å². The lowest BCUT2D eigenvalue weighted by Gasteiger charge is -2.15. The molecule has 1 heterocycles. The summed E-state index contributed by atoms with van der Waals surface area (Å²) in [4.78, 5) is 15.9. The van der Waals surface area contributed by atoms with Crippen molar-refractivity contribution >= 4 is 5.91 Å². The Morgan fingerprint density at radius 3 is 2.88 bits per heavy atom. The molecular formula is C11H19N5O. The van der Waals surface area contributed by atoms with Crippen molar-refractivity contribution in [3.8, 4) is 0 Å². The van der Waals surface area contributed by atoms with Crippen LogP contribution in [0.1, 0.15) is 49.1 Å². The van der Waals surface area contributed by atoms with Crippen LogP contribution >= 0.6 is 0 Å². The van der Waals surface area contributed by atoms with Crippen LogP contribution in [0, 0.1) is 5.92 Å². The molecule has 1 fully saturated rings. The van der Waals surface area contributed by atoms with Gasteiger partial charge in [0.05, 0.1) is 0 Å². The Morgan fingerprint density at radius 2 is 2.29 bits per heavy atom. The number of amides is 1. The van der Waals surface area contributed by atoms with Crippen molar-refractivity contribution in [2.24, 2.45) is 11.7 Å². The quantitative estimate of drug-likeness (QED) is 0.690. The minimum atomic E-state index is -0.260.